The average Bonchev–Trinajstić information content (AvgIpc) is 1.61. The lowest BCUT2D eigenvalue weighted by molar-refractivity contribution is 1.22. The molecule has 0 aliphatic rings. The third-order valence-electron chi connectivity index (χ3n) is 0.520. The summed E-state index contributed by atoms with van der Waals surface area (Å²) in [7, 11) is 3.30. The molecule has 0 saturated heterocycles. The van der Waals surface area contributed by atoms with Crippen LogP contribution in [-0.2, 0) is 0 Å². The van der Waals surface area contributed by atoms with Gasteiger partial charge in [-0.1, -0.05) is 28.3 Å². The van der Waals surface area contributed by atoms with Crippen molar-refractivity contribution in [2.75, 3.05) is 6.16 Å². The van der Waals surface area contributed by atoms with E-state index in [1.54, 1.807) is 0 Å². The zero-order chi connectivity index (χ0) is 4.83. The second kappa shape index (κ2) is 5.17. The molecule has 0 saturated carbocycles. The highest BCUT2D eigenvalue weighted by Crippen LogP contribution is 1.83. The molecule has 0 atom stereocenters. The summed E-state index contributed by atoms with van der Waals surface area (Å²) in [5.74, 6) is 0. The van der Waals surface area contributed by atoms with Gasteiger partial charge in [0.1, 0.15) is 0 Å². The maximum Gasteiger partial charge on any atom is -0.0136 e. The summed E-state index contributed by atoms with van der Waals surface area (Å²) in [6, 6.07) is 0. The van der Waals surface area contributed by atoms with Gasteiger partial charge in [-0.15, -0.1) is 0 Å². The minimum atomic E-state index is 0.980. The van der Waals surface area contributed by atoms with Gasteiger partial charge in [0.2, 0.25) is 0 Å². The van der Waals surface area contributed by atoms with Crippen molar-refractivity contribution in [3.63, 3.8) is 0 Å². The fourth-order valence-electron chi connectivity index (χ4n) is 0.250. The topological polar surface area (TPSA) is 0 Å². The Kier molecular flexibility index (Phi) is 5.32. The van der Waals surface area contributed by atoms with E-state index in [1.165, 1.54) is 0 Å². The number of hydrogen-bond donors (Lipinski definition) is 0. The molecule has 0 spiro atoms. The minimum absolute atomic E-state index is 0.980. The molecule has 0 aromatic heterocycles. The predicted octanol–water partition coefficient (Wildman–Crippen LogP) is 2.10. The fraction of sp³-hybridized carbons (Fsp3) is 0.600. The Labute approximate surface area is 41.8 Å². The van der Waals surface area contributed by atoms with Gasteiger partial charge in [0.25, 0.3) is 0 Å². The second-order valence-corrected chi connectivity index (χ2v) is 1.49. The van der Waals surface area contributed by atoms with Crippen molar-refractivity contribution in [1.82, 2.24) is 0 Å². The SMILES string of the molecule is CCC=CC[PH]. The molecule has 0 bridgehead atoms. The van der Waals surface area contributed by atoms with Crippen LogP contribution in [0.2, 0.25) is 0 Å². The Balaban J connectivity index is 2.73. The van der Waals surface area contributed by atoms with Gasteiger partial charge >= 0.3 is 0 Å². The third-order valence-corrected chi connectivity index (χ3v) is 0.756. The van der Waals surface area contributed by atoms with E-state index in [0.29, 0.717) is 0 Å². The number of hydrogen-bond acceptors (Lipinski definition) is 0. The highest BCUT2D eigenvalue weighted by molar-refractivity contribution is 7.16. The van der Waals surface area contributed by atoms with Gasteiger partial charge in [0, 0.05) is 0 Å². The molecule has 1 heteroatoms. The molecule has 0 aliphatic heterocycles. The van der Waals surface area contributed by atoms with Gasteiger partial charge in [-0.3, -0.25) is 0 Å². The normalized spacial score (nSPS) is 10.3. The lowest BCUT2D eigenvalue weighted by Gasteiger charge is -1.72. The van der Waals surface area contributed by atoms with Crippen LogP contribution in [0.25, 0.3) is 0 Å². The molecule has 1 radical (unpaired) electrons. The molecule has 0 N–H and O–H groups in total. The first-order valence-electron chi connectivity index (χ1n) is 2.21. The summed E-state index contributed by atoms with van der Waals surface area (Å²) < 4.78 is 0. The van der Waals surface area contributed by atoms with Crippen molar-refractivity contribution in [3.05, 3.63) is 12.2 Å². The first-order chi connectivity index (χ1) is 2.91. The molecule has 35 valence electrons. The summed E-state index contributed by atoms with van der Waals surface area (Å²) >= 11 is 0. The maximum atomic E-state index is 3.30. The summed E-state index contributed by atoms with van der Waals surface area (Å²) in [6.45, 7) is 2.12. The fourth-order valence-corrected chi connectivity index (χ4v) is 0.417. The van der Waals surface area contributed by atoms with E-state index >= 15 is 0 Å². The van der Waals surface area contributed by atoms with Crippen molar-refractivity contribution in [3.8, 4) is 0 Å². The Morgan fingerprint density at radius 2 is 2.17 bits per heavy atom. The number of allylic oxidation sites excluding steroid dienone is 2. The third kappa shape index (κ3) is 4.17. The highest BCUT2D eigenvalue weighted by Gasteiger charge is 1.60. The molecule has 6 heavy (non-hydrogen) atoms. The zero-order valence-electron chi connectivity index (χ0n) is 4.07. The molecule has 0 unspecified atom stereocenters. The van der Waals surface area contributed by atoms with Crippen LogP contribution in [0.15, 0.2) is 12.2 Å². The Morgan fingerprint density at radius 1 is 1.50 bits per heavy atom. The van der Waals surface area contributed by atoms with E-state index in [4.69, 9.17) is 0 Å². The van der Waals surface area contributed by atoms with Gasteiger partial charge in [0.05, 0.1) is 0 Å². The van der Waals surface area contributed by atoms with E-state index in [2.05, 4.69) is 28.3 Å². The first-order valence-corrected chi connectivity index (χ1v) is 2.92. The molecular formula is C5H10P. The smallest absolute Gasteiger partial charge is 0.0136 e. The van der Waals surface area contributed by atoms with Crippen molar-refractivity contribution in [2.45, 2.75) is 13.3 Å². The van der Waals surface area contributed by atoms with E-state index in [1.807, 2.05) is 0 Å². The predicted molar refractivity (Wildman–Crippen MR) is 32.6 cm³/mol. The Morgan fingerprint density at radius 3 is 2.33 bits per heavy atom. The summed E-state index contributed by atoms with van der Waals surface area (Å²) in [4.78, 5) is 0. The van der Waals surface area contributed by atoms with Crippen LogP contribution < -0.4 is 0 Å². The Hall–Kier alpha value is 0.170. The van der Waals surface area contributed by atoms with Crippen LogP contribution in [0.4, 0.5) is 0 Å². The second-order valence-electron chi connectivity index (χ2n) is 1.08. The van der Waals surface area contributed by atoms with Crippen LogP contribution in [0.5, 0.6) is 0 Å². The zero-order valence-corrected chi connectivity index (χ0v) is 5.07. The largest absolute Gasteiger partial charge is 0.0951 e. The van der Waals surface area contributed by atoms with Gasteiger partial charge in [-0.25, -0.2) is 0 Å². The summed E-state index contributed by atoms with van der Waals surface area (Å²) in [6.07, 6.45) is 6.35. The molecule has 0 fully saturated rings. The standard InChI is InChI=1S/C5H10P/c1-2-3-4-5-6/h3-4,6H,2,5H2,1H3. The van der Waals surface area contributed by atoms with E-state index in [0.717, 1.165) is 12.6 Å². The summed E-state index contributed by atoms with van der Waals surface area (Å²) in [5, 5.41) is 0. The van der Waals surface area contributed by atoms with Crippen molar-refractivity contribution >= 4 is 9.24 Å². The van der Waals surface area contributed by atoms with Gasteiger partial charge in [0.15, 0.2) is 0 Å². The van der Waals surface area contributed by atoms with Gasteiger partial charge in [-0.05, 0) is 12.6 Å². The molecule has 0 aromatic rings. The molecule has 0 nitrogen and oxygen atoms in total. The maximum absolute atomic E-state index is 3.30. The monoisotopic (exact) mass is 101 g/mol. The van der Waals surface area contributed by atoms with Crippen LogP contribution in [0, 0.1) is 0 Å². The lowest BCUT2D eigenvalue weighted by Crippen LogP contribution is -1.55. The number of rotatable bonds is 2. The Bertz CT molecular complexity index is 33.2. The van der Waals surface area contributed by atoms with Crippen LogP contribution in [-0.4, -0.2) is 6.16 Å². The van der Waals surface area contributed by atoms with Crippen molar-refractivity contribution < 1.29 is 0 Å². The lowest BCUT2D eigenvalue weighted by atomic mass is 10.4. The molecule has 0 aromatic carbocycles. The first kappa shape index (κ1) is 6.17. The summed E-state index contributed by atoms with van der Waals surface area (Å²) in [5.41, 5.74) is 0. The quantitative estimate of drug-likeness (QED) is 0.369. The van der Waals surface area contributed by atoms with E-state index in [-0.39, 0.29) is 0 Å². The molecule has 0 heterocycles. The van der Waals surface area contributed by atoms with Gasteiger partial charge < -0.3 is 0 Å². The molecule has 0 amide bonds. The minimum Gasteiger partial charge on any atom is -0.0951 e. The van der Waals surface area contributed by atoms with Crippen LogP contribution in [0.3, 0.4) is 0 Å². The van der Waals surface area contributed by atoms with Crippen molar-refractivity contribution in [2.24, 2.45) is 0 Å². The average molecular weight is 101 g/mol. The molecule has 0 aliphatic carbocycles. The molecule has 0 rings (SSSR count). The van der Waals surface area contributed by atoms with Gasteiger partial charge in [-0.2, -0.15) is 0 Å². The highest BCUT2D eigenvalue weighted by atomic mass is 31.0. The molecular weight excluding hydrogens is 91.0 g/mol. The van der Waals surface area contributed by atoms with E-state index < -0.39 is 0 Å². The van der Waals surface area contributed by atoms with Crippen LogP contribution in [0.1, 0.15) is 13.3 Å². The van der Waals surface area contributed by atoms with E-state index in [9.17, 15) is 0 Å². The van der Waals surface area contributed by atoms with Crippen LogP contribution >= 0.6 is 9.24 Å². The van der Waals surface area contributed by atoms with Crippen molar-refractivity contribution in [1.29, 1.82) is 0 Å².